The van der Waals surface area contributed by atoms with Gasteiger partial charge in [-0.3, -0.25) is 19.2 Å². The fraction of sp³-hybridized carbons (Fsp3) is 0.304. The van der Waals surface area contributed by atoms with Gasteiger partial charge in [-0.05, 0) is 36.2 Å². The van der Waals surface area contributed by atoms with Crippen LogP contribution in [0.15, 0.2) is 54.6 Å². The zero-order valence-corrected chi connectivity index (χ0v) is 17.2. The Bertz CT molecular complexity index is 958. The van der Waals surface area contributed by atoms with E-state index in [1.165, 1.54) is 12.0 Å². The molecule has 1 unspecified atom stereocenters. The summed E-state index contributed by atoms with van der Waals surface area (Å²) in [5.74, 6) is -1.86. The molecule has 0 bridgehead atoms. The lowest BCUT2D eigenvalue weighted by molar-refractivity contribution is -0.143. The van der Waals surface area contributed by atoms with Crippen molar-refractivity contribution in [3.63, 3.8) is 0 Å². The van der Waals surface area contributed by atoms with E-state index in [2.05, 4.69) is 0 Å². The third-order valence-corrected chi connectivity index (χ3v) is 5.19. The number of hydrogen-bond donors (Lipinski definition) is 1. The second kappa shape index (κ2) is 9.88. The van der Waals surface area contributed by atoms with Gasteiger partial charge in [0, 0.05) is 13.0 Å². The number of aliphatic carboxylic acids is 1. The lowest BCUT2D eigenvalue weighted by Crippen LogP contribution is -2.46. The van der Waals surface area contributed by atoms with Crippen molar-refractivity contribution in [2.75, 3.05) is 18.6 Å². The smallest absolute Gasteiger partial charge is 0.303 e. The second-order valence-electron chi connectivity index (χ2n) is 7.20. The molecule has 8 heteroatoms. The zero-order chi connectivity index (χ0) is 22.4. The van der Waals surface area contributed by atoms with Gasteiger partial charge in [-0.2, -0.15) is 0 Å². The number of ether oxygens (including phenoxy) is 1. The number of methoxy groups -OCH3 is 1. The van der Waals surface area contributed by atoms with Crippen LogP contribution < -0.4 is 9.64 Å². The van der Waals surface area contributed by atoms with Gasteiger partial charge in [0.25, 0.3) is 5.91 Å². The fourth-order valence-electron chi connectivity index (χ4n) is 3.57. The van der Waals surface area contributed by atoms with Crippen molar-refractivity contribution >= 4 is 29.4 Å². The van der Waals surface area contributed by atoms with Crippen LogP contribution in [0.5, 0.6) is 5.75 Å². The van der Waals surface area contributed by atoms with Crippen molar-refractivity contribution in [1.82, 2.24) is 4.90 Å². The Morgan fingerprint density at radius 3 is 2.35 bits per heavy atom. The first-order valence-corrected chi connectivity index (χ1v) is 9.96. The van der Waals surface area contributed by atoms with Crippen LogP contribution in [0.4, 0.5) is 5.69 Å². The van der Waals surface area contributed by atoms with E-state index >= 15 is 0 Å². The van der Waals surface area contributed by atoms with Crippen molar-refractivity contribution in [3.05, 3.63) is 60.2 Å². The highest BCUT2D eigenvalue weighted by Crippen LogP contribution is 2.28. The number of carbonyl (C=O) groups is 4. The number of carbonyl (C=O) groups excluding carboxylic acids is 3. The van der Waals surface area contributed by atoms with E-state index in [4.69, 9.17) is 9.84 Å². The molecular formula is C23H24N2O6. The summed E-state index contributed by atoms with van der Waals surface area (Å²) in [7, 11) is 1.52. The highest BCUT2D eigenvalue weighted by atomic mass is 16.5. The monoisotopic (exact) mass is 424 g/mol. The van der Waals surface area contributed by atoms with Crippen LogP contribution in [0.2, 0.25) is 0 Å². The summed E-state index contributed by atoms with van der Waals surface area (Å²) < 4.78 is 5.11. The van der Waals surface area contributed by atoms with Crippen LogP contribution in [-0.2, 0) is 25.6 Å². The number of hydrogen-bond acceptors (Lipinski definition) is 5. The van der Waals surface area contributed by atoms with Crippen LogP contribution in [-0.4, -0.2) is 53.4 Å². The Labute approximate surface area is 180 Å². The van der Waals surface area contributed by atoms with Crippen molar-refractivity contribution in [3.8, 4) is 5.75 Å². The molecule has 31 heavy (non-hydrogen) atoms. The maximum atomic E-state index is 13.1. The molecule has 3 amide bonds. The van der Waals surface area contributed by atoms with Gasteiger partial charge in [-0.15, -0.1) is 0 Å². The summed E-state index contributed by atoms with van der Waals surface area (Å²) >= 11 is 0. The molecule has 1 atom stereocenters. The van der Waals surface area contributed by atoms with Gasteiger partial charge < -0.3 is 14.7 Å². The summed E-state index contributed by atoms with van der Waals surface area (Å²) in [6, 6.07) is 15.0. The zero-order valence-electron chi connectivity index (χ0n) is 17.2. The summed E-state index contributed by atoms with van der Waals surface area (Å²) in [6.07, 6.45) is -0.221. The molecule has 2 aromatic rings. The highest BCUT2D eigenvalue weighted by Gasteiger charge is 2.44. The largest absolute Gasteiger partial charge is 0.497 e. The predicted molar refractivity (Wildman–Crippen MR) is 113 cm³/mol. The summed E-state index contributed by atoms with van der Waals surface area (Å²) in [5, 5.41) is 8.93. The molecule has 2 aromatic carbocycles. The Kier molecular flexibility index (Phi) is 7.02. The molecule has 1 heterocycles. The highest BCUT2D eigenvalue weighted by molar-refractivity contribution is 6.23. The number of anilines is 1. The average molecular weight is 424 g/mol. The van der Waals surface area contributed by atoms with Gasteiger partial charge in [0.2, 0.25) is 11.8 Å². The van der Waals surface area contributed by atoms with E-state index in [0.717, 1.165) is 10.5 Å². The van der Waals surface area contributed by atoms with E-state index in [1.807, 2.05) is 30.3 Å². The molecule has 1 saturated heterocycles. The number of nitrogens with zero attached hydrogens (tertiary/aromatic N) is 2. The van der Waals surface area contributed by atoms with Crippen LogP contribution in [0.3, 0.4) is 0 Å². The third kappa shape index (κ3) is 5.28. The predicted octanol–water partition coefficient (Wildman–Crippen LogP) is 2.26. The molecule has 0 saturated carbocycles. The number of carboxylic acid groups (broad SMARTS) is 1. The number of carboxylic acids is 1. The molecule has 0 aromatic heterocycles. The molecule has 0 spiro atoms. The van der Waals surface area contributed by atoms with E-state index in [1.54, 1.807) is 24.3 Å². The van der Waals surface area contributed by atoms with Gasteiger partial charge in [0.1, 0.15) is 11.8 Å². The topological polar surface area (TPSA) is 104 Å². The van der Waals surface area contributed by atoms with Crippen LogP contribution >= 0.6 is 0 Å². The first-order chi connectivity index (χ1) is 14.9. The van der Waals surface area contributed by atoms with Gasteiger partial charge in [0.05, 0.1) is 25.6 Å². The molecule has 8 nitrogen and oxygen atoms in total. The van der Waals surface area contributed by atoms with Crippen molar-refractivity contribution in [1.29, 1.82) is 0 Å². The van der Waals surface area contributed by atoms with Crippen molar-refractivity contribution in [2.45, 2.75) is 31.7 Å². The lowest BCUT2D eigenvalue weighted by Gasteiger charge is -2.27. The van der Waals surface area contributed by atoms with E-state index in [9.17, 15) is 19.2 Å². The van der Waals surface area contributed by atoms with E-state index in [0.29, 0.717) is 17.9 Å². The normalized spacial score (nSPS) is 15.8. The number of rotatable bonds is 9. The third-order valence-electron chi connectivity index (χ3n) is 5.19. The summed E-state index contributed by atoms with van der Waals surface area (Å²) in [4.78, 5) is 51.9. The first kappa shape index (κ1) is 22.0. The molecule has 0 radical (unpaired) electrons. The van der Waals surface area contributed by atoms with E-state index < -0.39 is 29.7 Å². The quantitative estimate of drug-likeness (QED) is 0.619. The maximum Gasteiger partial charge on any atom is 0.303 e. The molecule has 1 fully saturated rings. The van der Waals surface area contributed by atoms with Crippen LogP contribution in [0, 0.1) is 0 Å². The number of imide groups is 1. The molecular weight excluding hydrogens is 400 g/mol. The molecule has 1 aliphatic rings. The molecule has 162 valence electrons. The minimum atomic E-state index is -1.09. The van der Waals surface area contributed by atoms with Gasteiger partial charge in [0.15, 0.2) is 0 Å². The molecule has 0 aliphatic carbocycles. The van der Waals surface area contributed by atoms with E-state index in [-0.39, 0.29) is 25.8 Å². The number of benzene rings is 2. The van der Waals surface area contributed by atoms with Crippen LogP contribution in [0.25, 0.3) is 0 Å². The number of amides is 3. The Hall–Kier alpha value is -3.68. The minimum absolute atomic E-state index is 0.140. The Morgan fingerprint density at radius 2 is 1.74 bits per heavy atom. The van der Waals surface area contributed by atoms with Crippen molar-refractivity contribution in [2.24, 2.45) is 0 Å². The molecule has 3 rings (SSSR count). The Morgan fingerprint density at radius 1 is 1.06 bits per heavy atom. The SMILES string of the molecule is COc1ccc(N2C(=O)CC(N(CCc3ccccc3)C(=O)CCC(=O)O)C2=O)cc1. The Balaban J connectivity index is 1.81. The van der Waals surface area contributed by atoms with Crippen molar-refractivity contribution < 1.29 is 29.0 Å². The van der Waals surface area contributed by atoms with Gasteiger partial charge in [-0.1, -0.05) is 30.3 Å². The van der Waals surface area contributed by atoms with Gasteiger partial charge >= 0.3 is 5.97 Å². The second-order valence-corrected chi connectivity index (χ2v) is 7.20. The maximum absolute atomic E-state index is 13.1. The van der Waals surface area contributed by atoms with Crippen LogP contribution in [0.1, 0.15) is 24.8 Å². The fourth-order valence-corrected chi connectivity index (χ4v) is 3.57. The average Bonchev–Trinajstić information content (AvgIpc) is 3.07. The molecule has 1 N–H and O–H groups in total. The summed E-state index contributed by atoms with van der Waals surface area (Å²) in [5.41, 5.74) is 1.38. The lowest BCUT2D eigenvalue weighted by atomic mass is 10.1. The summed E-state index contributed by atoms with van der Waals surface area (Å²) in [6.45, 7) is 0.211. The first-order valence-electron chi connectivity index (χ1n) is 9.96. The van der Waals surface area contributed by atoms with Gasteiger partial charge in [-0.25, -0.2) is 4.90 Å². The minimum Gasteiger partial charge on any atom is -0.497 e. The molecule has 1 aliphatic heterocycles. The standard InChI is InChI=1S/C23H24N2O6/c1-31-18-9-7-17(8-10-18)25-21(27)15-19(23(25)30)24(20(26)11-12-22(28)29)14-13-16-5-3-2-4-6-16/h2-10,19H,11-15H2,1H3,(H,28,29).